The first-order chi connectivity index (χ1) is 13.1. The normalized spacial score (nSPS) is 13.1. The maximum atomic E-state index is 13.4. The predicted molar refractivity (Wildman–Crippen MR) is 91.0 cm³/mol. The molecule has 0 saturated carbocycles. The van der Waals surface area contributed by atoms with Gasteiger partial charge in [-0.05, 0) is 43.8 Å². The van der Waals surface area contributed by atoms with Gasteiger partial charge in [0.2, 0.25) is 11.7 Å². The second-order valence-corrected chi connectivity index (χ2v) is 6.35. The van der Waals surface area contributed by atoms with E-state index in [4.69, 9.17) is 4.52 Å². The summed E-state index contributed by atoms with van der Waals surface area (Å²) in [6, 6.07) is 7.97. The largest absolute Gasteiger partial charge is 0.416 e. The third-order valence-corrected chi connectivity index (χ3v) is 4.39. The number of benzene rings is 2. The minimum absolute atomic E-state index is 0.0370. The molecule has 0 saturated heterocycles. The summed E-state index contributed by atoms with van der Waals surface area (Å²) in [5.41, 5.74) is -0.0689. The van der Waals surface area contributed by atoms with E-state index in [1.807, 2.05) is 0 Å². The Bertz CT molecular complexity index is 970. The Morgan fingerprint density at radius 2 is 1.82 bits per heavy atom. The van der Waals surface area contributed by atoms with Crippen LogP contribution in [0, 0.1) is 11.6 Å². The van der Waals surface area contributed by atoms with Gasteiger partial charge < -0.3 is 4.52 Å². The van der Waals surface area contributed by atoms with Crippen molar-refractivity contribution < 1.29 is 26.5 Å². The molecule has 3 aromatic rings. The number of halogens is 5. The first kappa shape index (κ1) is 19.9. The fourth-order valence-electron chi connectivity index (χ4n) is 2.65. The summed E-state index contributed by atoms with van der Waals surface area (Å²) in [5.74, 6) is -1.65. The van der Waals surface area contributed by atoms with Crippen LogP contribution in [0.5, 0.6) is 0 Å². The zero-order chi connectivity index (χ0) is 20.5. The van der Waals surface area contributed by atoms with E-state index in [2.05, 4.69) is 10.1 Å². The lowest BCUT2D eigenvalue weighted by atomic mass is 10.1. The van der Waals surface area contributed by atoms with Crippen molar-refractivity contribution in [3.63, 3.8) is 0 Å². The summed E-state index contributed by atoms with van der Waals surface area (Å²) < 4.78 is 70.2. The minimum Gasteiger partial charge on any atom is -0.338 e. The van der Waals surface area contributed by atoms with E-state index in [1.165, 1.54) is 18.2 Å². The quantitative estimate of drug-likeness (QED) is 0.553. The van der Waals surface area contributed by atoms with Crippen molar-refractivity contribution >= 4 is 0 Å². The molecular formula is C19H16F5N3O. The number of rotatable bonds is 5. The van der Waals surface area contributed by atoms with E-state index < -0.39 is 23.4 Å². The van der Waals surface area contributed by atoms with Crippen molar-refractivity contribution in [2.24, 2.45) is 0 Å². The van der Waals surface area contributed by atoms with Gasteiger partial charge in [0.05, 0.1) is 12.1 Å². The monoisotopic (exact) mass is 397 g/mol. The third kappa shape index (κ3) is 4.36. The van der Waals surface area contributed by atoms with Gasteiger partial charge in [-0.2, -0.15) is 18.2 Å². The fraction of sp³-hybridized carbons (Fsp3) is 0.263. The Morgan fingerprint density at radius 1 is 1.07 bits per heavy atom. The molecule has 1 unspecified atom stereocenters. The van der Waals surface area contributed by atoms with Gasteiger partial charge in [0.25, 0.3) is 0 Å². The van der Waals surface area contributed by atoms with E-state index >= 15 is 0 Å². The highest BCUT2D eigenvalue weighted by Crippen LogP contribution is 2.31. The highest BCUT2D eigenvalue weighted by atomic mass is 19.4. The Labute approximate surface area is 157 Å². The topological polar surface area (TPSA) is 42.2 Å². The summed E-state index contributed by atoms with van der Waals surface area (Å²) in [6.45, 7) is 1.96. The molecule has 0 bridgehead atoms. The molecule has 3 rings (SSSR count). The maximum Gasteiger partial charge on any atom is 0.416 e. The lowest BCUT2D eigenvalue weighted by Gasteiger charge is -2.23. The molecule has 28 heavy (non-hydrogen) atoms. The van der Waals surface area contributed by atoms with Gasteiger partial charge in [0.15, 0.2) is 11.6 Å². The number of alkyl halides is 3. The molecule has 0 spiro atoms. The molecule has 2 aromatic carbocycles. The van der Waals surface area contributed by atoms with Crippen LogP contribution in [0.3, 0.4) is 0 Å². The van der Waals surface area contributed by atoms with Crippen LogP contribution >= 0.6 is 0 Å². The van der Waals surface area contributed by atoms with Crippen LogP contribution in [-0.2, 0) is 12.7 Å². The molecule has 0 N–H and O–H groups in total. The van der Waals surface area contributed by atoms with Gasteiger partial charge in [0, 0.05) is 11.6 Å². The molecule has 9 heteroatoms. The third-order valence-electron chi connectivity index (χ3n) is 4.39. The standard InChI is InChI=1S/C19H16F5N3O/c1-11(12-6-7-15(20)16(21)9-12)27(2)10-17-25-18(26-28-17)13-4-3-5-14(8-13)19(22,23)24/h3-9,11H,10H2,1-2H3. The molecule has 1 heterocycles. The lowest BCUT2D eigenvalue weighted by Crippen LogP contribution is -2.22. The first-order valence-corrected chi connectivity index (χ1v) is 8.30. The first-order valence-electron chi connectivity index (χ1n) is 8.30. The summed E-state index contributed by atoms with van der Waals surface area (Å²) in [5, 5.41) is 3.73. The molecule has 0 aliphatic rings. The average Bonchev–Trinajstić information content (AvgIpc) is 3.11. The molecule has 0 fully saturated rings. The van der Waals surface area contributed by atoms with Crippen LogP contribution in [0.1, 0.15) is 30.0 Å². The fourth-order valence-corrected chi connectivity index (χ4v) is 2.65. The molecule has 0 amide bonds. The van der Waals surface area contributed by atoms with Crippen molar-refractivity contribution in [3.8, 4) is 11.4 Å². The van der Waals surface area contributed by atoms with E-state index in [9.17, 15) is 22.0 Å². The van der Waals surface area contributed by atoms with Crippen LogP contribution in [0.4, 0.5) is 22.0 Å². The maximum absolute atomic E-state index is 13.4. The van der Waals surface area contributed by atoms with Crippen molar-refractivity contribution in [1.29, 1.82) is 0 Å². The Morgan fingerprint density at radius 3 is 2.50 bits per heavy atom. The summed E-state index contributed by atoms with van der Waals surface area (Å²) in [4.78, 5) is 5.89. The van der Waals surface area contributed by atoms with Gasteiger partial charge in [-0.25, -0.2) is 8.78 Å². The van der Waals surface area contributed by atoms with Crippen molar-refractivity contribution in [2.45, 2.75) is 25.7 Å². The van der Waals surface area contributed by atoms with Crippen molar-refractivity contribution in [2.75, 3.05) is 7.05 Å². The number of nitrogens with zero attached hydrogens (tertiary/aromatic N) is 3. The van der Waals surface area contributed by atoms with E-state index in [0.717, 1.165) is 24.3 Å². The molecule has 148 valence electrons. The minimum atomic E-state index is -4.47. The molecule has 4 nitrogen and oxygen atoms in total. The molecule has 0 aliphatic carbocycles. The molecule has 0 radical (unpaired) electrons. The Balaban J connectivity index is 1.74. The van der Waals surface area contributed by atoms with Gasteiger partial charge in [0.1, 0.15) is 0 Å². The number of hydrogen-bond donors (Lipinski definition) is 0. The smallest absolute Gasteiger partial charge is 0.338 e. The van der Waals surface area contributed by atoms with E-state index in [1.54, 1.807) is 18.9 Å². The van der Waals surface area contributed by atoms with Crippen LogP contribution < -0.4 is 0 Å². The summed E-state index contributed by atoms with van der Waals surface area (Å²) in [7, 11) is 1.72. The van der Waals surface area contributed by atoms with Crippen LogP contribution in [-0.4, -0.2) is 22.1 Å². The SMILES string of the molecule is CC(c1ccc(F)c(F)c1)N(C)Cc1nc(-c2cccc(C(F)(F)F)c2)no1. The van der Waals surface area contributed by atoms with Gasteiger partial charge >= 0.3 is 6.18 Å². The zero-order valence-corrected chi connectivity index (χ0v) is 15.0. The second-order valence-electron chi connectivity index (χ2n) is 6.35. The van der Waals surface area contributed by atoms with Crippen molar-refractivity contribution in [1.82, 2.24) is 15.0 Å². The van der Waals surface area contributed by atoms with Crippen LogP contribution in [0.25, 0.3) is 11.4 Å². The second kappa shape index (κ2) is 7.67. The molecule has 1 atom stereocenters. The van der Waals surface area contributed by atoms with Crippen LogP contribution in [0.2, 0.25) is 0 Å². The number of hydrogen-bond acceptors (Lipinski definition) is 4. The molecule has 1 aromatic heterocycles. The van der Waals surface area contributed by atoms with Gasteiger partial charge in [-0.1, -0.05) is 23.4 Å². The van der Waals surface area contributed by atoms with Crippen molar-refractivity contribution in [3.05, 3.63) is 71.1 Å². The van der Waals surface area contributed by atoms with E-state index in [-0.39, 0.29) is 29.9 Å². The Hall–Kier alpha value is -2.81. The Kier molecular flexibility index (Phi) is 5.46. The van der Waals surface area contributed by atoms with Gasteiger partial charge in [-0.15, -0.1) is 0 Å². The highest BCUT2D eigenvalue weighted by Gasteiger charge is 2.30. The van der Waals surface area contributed by atoms with Gasteiger partial charge in [-0.3, -0.25) is 4.90 Å². The average molecular weight is 397 g/mol. The summed E-state index contributed by atoms with van der Waals surface area (Å²) >= 11 is 0. The van der Waals surface area contributed by atoms with E-state index in [0.29, 0.717) is 5.56 Å². The molecule has 0 aliphatic heterocycles. The van der Waals surface area contributed by atoms with Crippen LogP contribution in [0.15, 0.2) is 47.0 Å². The lowest BCUT2D eigenvalue weighted by molar-refractivity contribution is -0.137. The number of aromatic nitrogens is 2. The zero-order valence-electron chi connectivity index (χ0n) is 15.0. The predicted octanol–water partition coefficient (Wildman–Crippen LogP) is 5.23. The summed E-state index contributed by atoms with van der Waals surface area (Å²) in [6.07, 6.45) is -4.47. The molecular weight excluding hydrogens is 381 g/mol. The highest BCUT2D eigenvalue weighted by molar-refractivity contribution is 5.55.